The van der Waals surface area contributed by atoms with Gasteiger partial charge in [0, 0.05) is 16.8 Å². The van der Waals surface area contributed by atoms with E-state index < -0.39 is 0 Å². The minimum absolute atomic E-state index is 0.150. The van der Waals surface area contributed by atoms with Gasteiger partial charge in [0.1, 0.15) is 0 Å². The lowest BCUT2D eigenvalue weighted by atomic mass is 10.2. The summed E-state index contributed by atoms with van der Waals surface area (Å²) in [5.74, 6) is -0.150. The summed E-state index contributed by atoms with van der Waals surface area (Å²) in [5.41, 5.74) is 2.49. The number of aromatic nitrogens is 2. The Kier molecular flexibility index (Phi) is 4.78. The molecule has 5 heteroatoms. The molecule has 0 radical (unpaired) electrons. The summed E-state index contributed by atoms with van der Waals surface area (Å²) >= 11 is 1.64. The summed E-state index contributed by atoms with van der Waals surface area (Å²) in [6.45, 7) is 0.649. The molecule has 1 N–H and O–H groups in total. The van der Waals surface area contributed by atoms with Gasteiger partial charge in [0.05, 0.1) is 18.3 Å². The van der Waals surface area contributed by atoms with Gasteiger partial charge in [-0.05, 0) is 30.0 Å². The molecular formula is C18H17N3OS. The average Bonchev–Trinajstić information content (AvgIpc) is 3.04. The molecule has 0 unspecified atom stereocenters. The largest absolute Gasteiger partial charge is 0.322 e. The highest BCUT2D eigenvalue weighted by molar-refractivity contribution is 7.98. The van der Waals surface area contributed by atoms with Gasteiger partial charge < -0.3 is 5.32 Å². The van der Waals surface area contributed by atoms with Crippen molar-refractivity contribution in [3.63, 3.8) is 0 Å². The molecule has 1 heterocycles. The molecule has 0 aliphatic carbocycles. The van der Waals surface area contributed by atoms with Crippen LogP contribution in [0.4, 0.5) is 5.69 Å². The molecule has 0 atom stereocenters. The number of amides is 1. The molecule has 23 heavy (non-hydrogen) atoms. The average molecular weight is 323 g/mol. The topological polar surface area (TPSA) is 46.9 Å². The van der Waals surface area contributed by atoms with E-state index in [9.17, 15) is 4.79 Å². The van der Waals surface area contributed by atoms with Gasteiger partial charge in [0.25, 0.3) is 5.91 Å². The van der Waals surface area contributed by atoms with Crippen LogP contribution in [0.25, 0.3) is 0 Å². The molecule has 3 rings (SSSR count). The number of carbonyl (C=O) groups is 1. The summed E-state index contributed by atoms with van der Waals surface area (Å²) in [7, 11) is 0. The lowest BCUT2D eigenvalue weighted by molar-refractivity contribution is 0.102. The highest BCUT2D eigenvalue weighted by Gasteiger charge is 2.09. The van der Waals surface area contributed by atoms with Crippen molar-refractivity contribution in [2.45, 2.75) is 11.4 Å². The molecule has 0 saturated carbocycles. The zero-order chi connectivity index (χ0) is 16.1. The van der Waals surface area contributed by atoms with E-state index >= 15 is 0 Å². The lowest BCUT2D eigenvalue weighted by Crippen LogP contribution is -2.11. The van der Waals surface area contributed by atoms with E-state index in [2.05, 4.69) is 10.4 Å². The van der Waals surface area contributed by atoms with Gasteiger partial charge in [-0.1, -0.05) is 36.4 Å². The number of benzene rings is 2. The van der Waals surface area contributed by atoms with Crippen molar-refractivity contribution < 1.29 is 4.79 Å². The standard InChI is InChI=1S/C18H17N3OS/c1-23-17-9-5-8-16(10-17)20-18(22)15-11-19-21(13-15)12-14-6-3-2-4-7-14/h2-11,13H,12H2,1H3,(H,20,22). The first-order valence-corrected chi connectivity index (χ1v) is 8.49. The second-order valence-electron chi connectivity index (χ2n) is 5.10. The molecule has 0 fully saturated rings. The number of thioether (sulfide) groups is 1. The molecular weight excluding hydrogens is 306 g/mol. The highest BCUT2D eigenvalue weighted by atomic mass is 32.2. The zero-order valence-corrected chi connectivity index (χ0v) is 13.6. The third-order valence-corrected chi connectivity index (χ3v) is 4.14. The van der Waals surface area contributed by atoms with Crippen LogP contribution in [0.15, 0.2) is 71.9 Å². The fourth-order valence-electron chi connectivity index (χ4n) is 2.24. The van der Waals surface area contributed by atoms with E-state index in [0.29, 0.717) is 12.1 Å². The van der Waals surface area contributed by atoms with Crippen LogP contribution < -0.4 is 5.32 Å². The van der Waals surface area contributed by atoms with Crippen LogP contribution in [0.2, 0.25) is 0 Å². The second kappa shape index (κ2) is 7.15. The van der Waals surface area contributed by atoms with Crippen LogP contribution in [-0.2, 0) is 6.54 Å². The first-order chi connectivity index (χ1) is 11.2. The van der Waals surface area contributed by atoms with Crippen LogP contribution in [0.5, 0.6) is 0 Å². The summed E-state index contributed by atoms with van der Waals surface area (Å²) in [6.07, 6.45) is 5.37. The lowest BCUT2D eigenvalue weighted by Gasteiger charge is -2.05. The Bertz CT molecular complexity index is 799. The molecule has 1 amide bonds. The van der Waals surface area contributed by atoms with Crippen molar-refractivity contribution >= 4 is 23.4 Å². The van der Waals surface area contributed by atoms with Crippen LogP contribution >= 0.6 is 11.8 Å². The molecule has 116 valence electrons. The minimum atomic E-state index is -0.150. The predicted octanol–water partition coefficient (Wildman–Crippen LogP) is 3.91. The second-order valence-corrected chi connectivity index (χ2v) is 5.98. The Labute approximate surface area is 139 Å². The van der Waals surface area contributed by atoms with Gasteiger partial charge in [0.2, 0.25) is 0 Å². The van der Waals surface area contributed by atoms with Crippen LogP contribution in [0.1, 0.15) is 15.9 Å². The zero-order valence-electron chi connectivity index (χ0n) is 12.8. The van der Waals surface area contributed by atoms with Crippen molar-refractivity contribution in [3.05, 3.63) is 78.1 Å². The SMILES string of the molecule is CSc1cccc(NC(=O)c2cnn(Cc3ccccc3)c2)c1. The smallest absolute Gasteiger partial charge is 0.258 e. The van der Waals surface area contributed by atoms with Gasteiger partial charge in [-0.3, -0.25) is 9.48 Å². The van der Waals surface area contributed by atoms with E-state index in [1.807, 2.05) is 60.9 Å². The van der Waals surface area contributed by atoms with E-state index in [1.54, 1.807) is 28.8 Å². The van der Waals surface area contributed by atoms with Crippen LogP contribution in [-0.4, -0.2) is 21.9 Å². The Balaban J connectivity index is 1.68. The molecule has 2 aromatic carbocycles. The van der Waals surface area contributed by atoms with E-state index in [1.165, 1.54) is 0 Å². The van der Waals surface area contributed by atoms with Gasteiger partial charge in [-0.25, -0.2) is 0 Å². The molecule has 4 nitrogen and oxygen atoms in total. The van der Waals surface area contributed by atoms with Crippen LogP contribution in [0.3, 0.4) is 0 Å². The quantitative estimate of drug-likeness (QED) is 0.724. The van der Waals surface area contributed by atoms with Crippen LogP contribution in [0, 0.1) is 0 Å². The first-order valence-electron chi connectivity index (χ1n) is 7.26. The van der Waals surface area contributed by atoms with E-state index in [-0.39, 0.29) is 5.91 Å². The molecule has 0 aliphatic heterocycles. The molecule has 0 saturated heterocycles. The Hall–Kier alpha value is -2.53. The van der Waals surface area contributed by atoms with E-state index in [4.69, 9.17) is 0 Å². The summed E-state index contributed by atoms with van der Waals surface area (Å²) in [5, 5.41) is 7.16. The third-order valence-electron chi connectivity index (χ3n) is 3.41. The Morgan fingerprint density at radius 3 is 2.78 bits per heavy atom. The maximum absolute atomic E-state index is 12.3. The van der Waals surface area contributed by atoms with Gasteiger partial charge in [0.15, 0.2) is 0 Å². The highest BCUT2D eigenvalue weighted by Crippen LogP contribution is 2.19. The monoisotopic (exact) mass is 323 g/mol. The Morgan fingerprint density at radius 2 is 2.00 bits per heavy atom. The first kappa shape index (κ1) is 15.4. The van der Waals surface area contributed by atoms with Crippen molar-refractivity contribution in [1.29, 1.82) is 0 Å². The fourth-order valence-corrected chi connectivity index (χ4v) is 2.70. The number of nitrogens with one attached hydrogen (secondary N) is 1. The molecule has 3 aromatic rings. The van der Waals surface area contributed by atoms with Gasteiger partial charge in [-0.2, -0.15) is 5.10 Å². The van der Waals surface area contributed by atoms with Crippen molar-refractivity contribution in [3.8, 4) is 0 Å². The summed E-state index contributed by atoms with van der Waals surface area (Å²) in [6, 6.07) is 17.8. The number of hydrogen-bond donors (Lipinski definition) is 1. The van der Waals surface area contributed by atoms with E-state index in [0.717, 1.165) is 16.1 Å². The third kappa shape index (κ3) is 4.02. The van der Waals surface area contributed by atoms with Crippen molar-refractivity contribution in [2.24, 2.45) is 0 Å². The molecule has 0 aliphatic rings. The summed E-state index contributed by atoms with van der Waals surface area (Å²) < 4.78 is 1.77. The normalized spacial score (nSPS) is 10.5. The van der Waals surface area contributed by atoms with Crippen molar-refractivity contribution in [1.82, 2.24) is 9.78 Å². The van der Waals surface area contributed by atoms with Gasteiger partial charge >= 0.3 is 0 Å². The number of rotatable bonds is 5. The minimum Gasteiger partial charge on any atom is -0.322 e. The van der Waals surface area contributed by atoms with Gasteiger partial charge in [-0.15, -0.1) is 11.8 Å². The molecule has 0 bridgehead atoms. The fraction of sp³-hybridized carbons (Fsp3) is 0.111. The molecule has 1 aromatic heterocycles. The number of nitrogens with zero attached hydrogens (tertiary/aromatic N) is 2. The number of anilines is 1. The Morgan fingerprint density at radius 1 is 1.17 bits per heavy atom. The molecule has 0 spiro atoms. The summed E-state index contributed by atoms with van der Waals surface area (Å²) in [4.78, 5) is 13.4. The predicted molar refractivity (Wildman–Crippen MR) is 93.9 cm³/mol. The maximum Gasteiger partial charge on any atom is 0.258 e. The number of hydrogen-bond acceptors (Lipinski definition) is 3. The maximum atomic E-state index is 12.3. The number of carbonyl (C=O) groups excluding carboxylic acids is 1. The van der Waals surface area contributed by atoms with Crippen molar-refractivity contribution in [2.75, 3.05) is 11.6 Å².